The van der Waals surface area contributed by atoms with E-state index >= 15 is 0 Å². The molecule has 31 heavy (non-hydrogen) atoms. The van der Waals surface area contributed by atoms with Gasteiger partial charge >= 0.3 is 0 Å². The second-order valence-corrected chi connectivity index (χ2v) is 9.35. The third-order valence-electron chi connectivity index (χ3n) is 6.01. The van der Waals surface area contributed by atoms with Crippen molar-refractivity contribution < 1.29 is 14.3 Å². The number of aromatic nitrogens is 1. The lowest BCUT2D eigenvalue weighted by Gasteiger charge is -2.41. The number of carbonyl (C=O) groups excluding carboxylic acids is 2. The third-order valence-corrected chi connectivity index (χ3v) is 7.07. The molecule has 1 aromatic heterocycles. The number of carbonyl (C=O) groups is 2. The summed E-state index contributed by atoms with van der Waals surface area (Å²) in [7, 11) is 0. The number of piperidine rings is 1. The zero-order valence-corrected chi connectivity index (χ0v) is 18.3. The van der Waals surface area contributed by atoms with E-state index in [1.54, 1.807) is 11.3 Å². The maximum Gasteiger partial charge on any atom is 0.252 e. The van der Waals surface area contributed by atoms with Gasteiger partial charge in [-0.3, -0.25) is 9.59 Å². The Morgan fingerprint density at radius 2 is 2.06 bits per heavy atom. The number of benzene rings is 2. The molecule has 2 atom stereocenters. The van der Waals surface area contributed by atoms with Gasteiger partial charge in [0.05, 0.1) is 29.3 Å². The number of morpholine rings is 1. The predicted octanol–water partition coefficient (Wildman–Crippen LogP) is 4.38. The molecule has 2 amide bonds. The lowest BCUT2D eigenvalue weighted by atomic mass is 9.99. The quantitative estimate of drug-likeness (QED) is 0.660. The van der Waals surface area contributed by atoms with Gasteiger partial charge in [-0.2, -0.15) is 0 Å². The Hall–Kier alpha value is -2.77. The fraction of sp³-hybridized carbons (Fsp3) is 0.375. The molecule has 2 aromatic carbocycles. The van der Waals surface area contributed by atoms with Crippen LogP contribution in [0.15, 0.2) is 42.5 Å². The Labute approximate surface area is 185 Å². The first-order valence-corrected chi connectivity index (χ1v) is 11.6. The zero-order valence-electron chi connectivity index (χ0n) is 17.5. The highest BCUT2D eigenvalue weighted by atomic mass is 32.1. The molecule has 1 N–H and O–H groups in total. The molecule has 160 valence electrons. The number of nitrogens with one attached hydrogen (secondary N) is 1. The highest BCUT2D eigenvalue weighted by Crippen LogP contribution is 2.31. The first kappa shape index (κ1) is 20.2. The van der Waals surface area contributed by atoms with E-state index in [4.69, 9.17) is 9.72 Å². The van der Waals surface area contributed by atoms with Crippen molar-refractivity contribution in [3.8, 4) is 10.6 Å². The van der Waals surface area contributed by atoms with Gasteiger partial charge in [0.2, 0.25) is 5.91 Å². The van der Waals surface area contributed by atoms with Crippen LogP contribution in [0.5, 0.6) is 0 Å². The van der Waals surface area contributed by atoms with Gasteiger partial charge in [0.25, 0.3) is 5.91 Å². The Morgan fingerprint density at radius 3 is 2.90 bits per heavy atom. The lowest BCUT2D eigenvalue weighted by Crippen LogP contribution is -2.56. The summed E-state index contributed by atoms with van der Waals surface area (Å²) in [4.78, 5) is 31.8. The Kier molecular flexibility index (Phi) is 5.46. The van der Waals surface area contributed by atoms with Crippen molar-refractivity contribution in [2.45, 2.75) is 44.8 Å². The number of aryl methyl sites for hydroxylation is 1. The number of hydrogen-bond acceptors (Lipinski definition) is 5. The van der Waals surface area contributed by atoms with E-state index in [0.29, 0.717) is 12.3 Å². The average molecular weight is 436 g/mol. The molecule has 2 aliphatic rings. The molecule has 0 radical (unpaired) electrons. The van der Waals surface area contributed by atoms with Crippen LogP contribution in [-0.2, 0) is 14.3 Å². The van der Waals surface area contributed by atoms with Crippen LogP contribution in [0.3, 0.4) is 0 Å². The van der Waals surface area contributed by atoms with Gasteiger partial charge in [-0.25, -0.2) is 4.98 Å². The van der Waals surface area contributed by atoms with Gasteiger partial charge in [-0.1, -0.05) is 6.07 Å². The second-order valence-electron chi connectivity index (χ2n) is 8.32. The molecule has 5 rings (SSSR count). The third kappa shape index (κ3) is 4.20. The van der Waals surface area contributed by atoms with Crippen molar-refractivity contribution >= 4 is 39.1 Å². The smallest absolute Gasteiger partial charge is 0.252 e. The van der Waals surface area contributed by atoms with Gasteiger partial charge in [0.15, 0.2) is 0 Å². The average Bonchev–Trinajstić information content (AvgIpc) is 3.19. The van der Waals surface area contributed by atoms with Crippen molar-refractivity contribution in [2.75, 3.05) is 18.5 Å². The number of ether oxygens (including phenoxy) is 1. The van der Waals surface area contributed by atoms with E-state index in [9.17, 15) is 9.59 Å². The SMILES string of the molecule is Cc1ccc2nc(-c3ccc(NC(=O)CC4OCC5CCCCN5C4=O)cc3)sc2c1. The molecule has 2 unspecified atom stereocenters. The van der Waals surface area contributed by atoms with Crippen LogP contribution >= 0.6 is 11.3 Å². The summed E-state index contributed by atoms with van der Waals surface area (Å²) in [5, 5.41) is 3.84. The molecular formula is C24H25N3O3S. The van der Waals surface area contributed by atoms with Gasteiger partial charge < -0.3 is 15.0 Å². The molecule has 6 nitrogen and oxygen atoms in total. The largest absolute Gasteiger partial charge is 0.366 e. The normalized spacial score (nSPS) is 21.2. The molecule has 3 aromatic rings. The summed E-state index contributed by atoms with van der Waals surface area (Å²) < 4.78 is 6.89. The molecule has 0 bridgehead atoms. The minimum atomic E-state index is -0.681. The van der Waals surface area contributed by atoms with Crippen LogP contribution in [0.4, 0.5) is 5.69 Å². The van der Waals surface area contributed by atoms with E-state index in [-0.39, 0.29) is 24.3 Å². The molecular weight excluding hydrogens is 410 g/mol. The highest BCUT2D eigenvalue weighted by Gasteiger charge is 2.38. The van der Waals surface area contributed by atoms with Crippen molar-refractivity contribution in [3.05, 3.63) is 48.0 Å². The number of anilines is 1. The first-order valence-electron chi connectivity index (χ1n) is 10.8. The van der Waals surface area contributed by atoms with Crippen LogP contribution in [0.25, 0.3) is 20.8 Å². The summed E-state index contributed by atoms with van der Waals surface area (Å²) in [5.74, 6) is -0.260. The first-order chi connectivity index (χ1) is 15.1. The Bertz CT molecular complexity index is 1120. The lowest BCUT2D eigenvalue weighted by molar-refractivity contribution is -0.163. The fourth-order valence-electron chi connectivity index (χ4n) is 4.33. The predicted molar refractivity (Wildman–Crippen MR) is 122 cm³/mol. The van der Waals surface area contributed by atoms with Crippen molar-refractivity contribution in [2.24, 2.45) is 0 Å². The van der Waals surface area contributed by atoms with E-state index < -0.39 is 6.10 Å². The second kappa shape index (κ2) is 8.40. The van der Waals surface area contributed by atoms with E-state index in [1.807, 2.05) is 35.2 Å². The minimum Gasteiger partial charge on any atom is -0.366 e. The summed E-state index contributed by atoms with van der Waals surface area (Å²) in [6.45, 7) is 3.38. The molecule has 0 saturated carbocycles. The molecule has 2 saturated heterocycles. The summed E-state index contributed by atoms with van der Waals surface area (Å²) >= 11 is 1.66. The molecule has 3 heterocycles. The van der Waals surface area contributed by atoms with E-state index in [1.165, 1.54) is 10.3 Å². The number of nitrogens with zero attached hydrogens (tertiary/aromatic N) is 2. The van der Waals surface area contributed by atoms with E-state index in [0.717, 1.165) is 41.9 Å². The van der Waals surface area contributed by atoms with Crippen LogP contribution in [-0.4, -0.2) is 47.0 Å². The monoisotopic (exact) mass is 435 g/mol. The number of amides is 2. The van der Waals surface area contributed by atoms with Crippen molar-refractivity contribution in [3.63, 3.8) is 0 Å². The number of thiazole rings is 1. The molecule has 2 aliphatic heterocycles. The van der Waals surface area contributed by atoms with Gasteiger partial charge in [0, 0.05) is 17.8 Å². The molecule has 2 fully saturated rings. The van der Waals surface area contributed by atoms with Crippen LogP contribution < -0.4 is 5.32 Å². The van der Waals surface area contributed by atoms with Crippen molar-refractivity contribution in [1.82, 2.24) is 9.88 Å². The number of rotatable bonds is 4. The van der Waals surface area contributed by atoms with E-state index in [2.05, 4.69) is 24.4 Å². The summed E-state index contributed by atoms with van der Waals surface area (Å²) in [5.41, 5.74) is 3.93. The maximum atomic E-state index is 12.7. The van der Waals surface area contributed by atoms with Crippen LogP contribution in [0.2, 0.25) is 0 Å². The van der Waals surface area contributed by atoms with Crippen molar-refractivity contribution in [1.29, 1.82) is 0 Å². The molecule has 0 aliphatic carbocycles. The molecule has 7 heteroatoms. The Morgan fingerprint density at radius 1 is 1.23 bits per heavy atom. The Balaban J connectivity index is 1.22. The van der Waals surface area contributed by atoms with Crippen LogP contribution in [0.1, 0.15) is 31.2 Å². The zero-order chi connectivity index (χ0) is 21.4. The minimum absolute atomic E-state index is 0.0427. The summed E-state index contributed by atoms with van der Waals surface area (Å²) in [6, 6.07) is 14.1. The number of hydrogen-bond donors (Lipinski definition) is 1. The van der Waals surface area contributed by atoms with Crippen LogP contribution in [0, 0.1) is 6.92 Å². The fourth-order valence-corrected chi connectivity index (χ4v) is 5.39. The molecule has 0 spiro atoms. The maximum absolute atomic E-state index is 12.7. The summed E-state index contributed by atoms with van der Waals surface area (Å²) in [6.07, 6.45) is 2.52. The standard InChI is InChI=1S/C24H25N3O3S/c1-15-5-10-19-21(12-15)31-23(26-19)16-6-8-17(9-7-16)25-22(28)13-20-24(29)27-11-3-2-4-18(27)14-30-20/h5-10,12,18,20H,2-4,11,13-14H2,1H3,(H,25,28). The van der Waals surface area contributed by atoms with Gasteiger partial charge in [-0.15, -0.1) is 11.3 Å². The van der Waals surface area contributed by atoms with Gasteiger partial charge in [-0.05, 0) is 68.1 Å². The number of fused-ring (bicyclic) bond motifs is 2. The topological polar surface area (TPSA) is 71.5 Å². The highest BCUT2D eigenvalue weighted by molar-refractivity contribution is 7.21. The van der Waals surface area contributed by atoms with Gasteiger partial charge in [0.1, 0.15) is 11.1 Å².